The Hall–Kier alpha value is -1.95. The van der Waals surface area contributed by atoms with Gasteiger partial charge in [-0.25, -0.2) is 4.39 Å². The van der Waals surface area contributed by atoms with Crippen molar-refractivity contribution < 1.29 is 19.1 Å². The molecule has 2 aliphatic heterocycles. The Morgan fingerprint density at radius 1 is 1.12 bits per heavy atom. The summed E-state index contributed by atoms with van der Waals surface area (Å²) in [6.07, 6.45) is 4.20. The van der Waals surface area contributed by atoms with Crippen LogP contribution in [0.3, 0.4) is 0 Å². The maximum Gasteiger partial charge on any atom is 0.323 e. The summed E-state index contributed by atoms with van der Waals surface area (Å²) in [4.78, 5) is 27.4. The Morgan fingerprint density at radius 2 is 1.84 bits per heavy atom. The number of likely N-dealkylation sites (tertiary alicyclic amines) is 2. The van der Waals surface area contributed by atoms with Crippen LogP contribution in [0.25, 0.3) is 0 Å². The highest BCUT2D eigenvalue weighted by Gasteiger charge is 2.34. The van der Waals surface area contributed by atoms with E-state index in [1.807, 2.05) is 12.1 Å². The first-order valence-corrected chi connectivity index (χ1v) is 9.05. The highest BCUT2D eigenvalue weighted by atomic mass is 19.1. The lowest BCUT2D eigenvalue weighted by molar-refractivity contribution is -0.146. The molecule has 1 aromatic rings. The van der Waals surface area contributed by atoms with E-state index in [2.05, 4.69) is 4.90 Å². The summed E-state index contributed by atoms with van der Waals surface area (Å²) in [6.45, 7) is 1.79. The van der Waals surface area contributed by atoms with Crippen molar-refractivity contribution in [1.82, 2.24) is 9.80 Å². The van der Waals surface area contributed by atoms with Crippen LogP contribution in [0.5, 0.6) is 0 Å². The average Bonchev–Trinajstić information content (AvgIpc) is 2.77. The van der Waals surface area contributed by atoms with Crippen LogP contribution in [0.4, 0.5) is 4.39 Å². The lowest BCUT2D eigenvalue weighted by Crippen LogP contribution is -2.51. The van der Waals surface area contributed by atoms with Crippen LogP contribution in [-0.2, 0) is 9.59 Å². The monoisotopic (exact) mass is 348 g/mol. The molecule has 1 unspecified atom stereocenters. The van der Waals surface area contributed by atoms with E-state index < -0.39 is 5.97 Å². The fourth-order valence-corrected chi connectivity index (χ4v) is 4.07. The first kappa shape index (κ1) is 17.9. The minimum absolute atomic E-state index is 0.0655. The van der Waals surface area contributed by atoms with Crippen molar-refractivity contribution in [1.29, 1.82) is 0 Å². The van der Waals surface area contributed by atoms with Gasteiger partial charge in [0.25, 0.3) is 0 Å². The molecule has 1 aromatic carbocycles. The Bertz CT molecular complexity index is 629. The zero-order valence-electron chi connectivity index (χ0n) is 14.4. The fourth-order valence-electron chi connectivity index (χ4n) is 4.07. The molecule has 1 atom stereocenters. The average molecular weight is 348 g/mol. The van der Waals surface area contributed by atoms with E-state index in [9.17, 15) is 14.0 Å². The normalized spacial score (nSPS) is 23.5. The Balaban J connectivity index is 1.64. The van der Waals surface area contributed by atoms with Gasteiger partial charge in [0.05, 0.1) is 6.04 Å². The van der Waals surface area contributed by atoms with Crippen LogP contribution in [0, 0.1) is 5.82 Å². The highest BCUT2D eigenvalue weighted by Crippen LogP contribution is 2.31. The lowest BCUT2D eigenvalue weighted by Gasteiger charge is -2.37. The quantitative estimate of drug-likeness (QED) is 0.908. The second-order valence-electron chi connectivity index (χ2n) is 7.00. The Labute approximate surface area is 147 Å². The van der Waals surface area contributed by atoms with E-state index in [-0.39, 0.29) is 30.2 Å². The maximum absolute atomic E-state index is 14.0. The summed E-state index contributed by atoms with van der Waals surface area (Å²) >= 11 is 0. The number of hydrogen-bond donors (Lipinski definition) is 1. The van der Waals surface area contributed by atoms with Crippen LogP contribution < -0.4 is 0 Å². The van der Waals surface area contributed by atoms with Crippen LogP contribution in [-0.4, -0.2) is 59.0 Å². The molecular formula is C19H25FN2O3. The number of rotatable bonds is 4. The molecular weight excluding hydrogens is 323 g/mol. The van der Waals surface area contributed by atoms with Crippen molar-refractivity contribution in [2.24, 2.45) is 0 Å². The highest BCUT2D eigenvalue weighted by molar-refractivity contribution is 5.85. The lowest BCUT2D eigenvalue weighted by atomic mass is 9.88. The number of carboxylic acids is 1. The van der Waals surface area contributed by atoms with E-state index >= 15 is 0 Å². The minimum Gasteiger partial charge on any atom is -0.480 e. The summed E-state index contributed by atoms with van der Waals surface area (Å²) in [5, 5.41) is 9.02. The molecule has 5 nitrogen and oxygen atoms in total. The molecule has 2 heterocycles. The summed E-state index contributed by atoms with van der Waals surface area (Å²) < 4.78 is 14.0. The molecule has 0 saturated carbocycles. The van der Waals surface area contributed by atoms with Crippen molar-refractivity contribution >= 4 is 11.9 Å². The molecule has 0 radical (unpaired) electrons. The van der Waals surface area contributed by atoms with Crippen LogP contribution in [0.2, 0.25) is 0 Å². The van der Waals surface area contributed by atoms with Crippen molar-refractivity contribution in [3.63, 3.8) is 0 Å². The number of carbonyl (C=O) groups is 2. The predicted octanol–water partition coefficient (Wildman–Crippen LogP) is 2.47. The number of amides is 1. The third-order valence-corrected chi connectivity index (χ3v) is 5.39. The van der Waals surface area contributed by atoms with Crippen LogP contribution in [0.15, 0.2) is 24.3 Å². The van der Waals surface area contributed by atoms with Gasteiger partial charge in [0.1, 0.15) is 12.4 Å². The van der Waals surface area contributed by atoms with Crippen molar-refractivity contribution in [3.05, 3.63) is 35.6 Å². The molecule has 0 spiro atoms. The van der Waals surface area contributed by atoms with Gasteiger partial charge >= 0.3 is 5.97 Å². The van der Waals surface area contributed by atoms with E-state index in [0.29, 0.717) is 6.54 Å². The van der Waals surface area contributed by atoms with Gasteiger partial charge in [-0.1, -0.05) is 18.2 Å². The molecule has 2 fully saturated rings. The van der Waals surface area contributed by atoms with Crippen molar-refractivity contribution in [3.8, 4) is 0 Å². The summed E-state index contributed by atoms with van der Waals surface area (Å²) in [7, 11) is 0. The second-order valence-corrected chi connectivity index (χ2v) is 7.00. The van der Waals surface area contributed by atoms with Gasteiger partial charge in [-0.05, 0) is 62.7 Å². The number of piperidine rings is 1. The smallest absolute Gasteiger partial charge is 0.323 e. The summed E-state index contributed by atoms with van der Waals surface area (Å²) in [5.41, 5.74) is 0.766. The molecule has 2 saturated heterocycles. The third-order valence-electron chi connectivity index (χ3n) is 5.39. The third kappa shape index (κ3) is 4.18. The van der Waals surface area contributed by atoms with Crippen LogP contribution >= 0.6 is 0 Å². The van der Waals surface area contributed by atoms with Crippen molar-refractivity contribution in [2.75, 3.05) is 26.2 Å². The molecule has 1 N–H and O–H groups in total. The molecule has 25 heavy (non-hydrogen) atoms. The molecule has 6 heteroatoms. The number of hydrogen-bond acceptors (Lipinski definition) is 3. The van der Waals surface area contributed by atoms with Gasteiger partial charge < -0.3 is 10.0 Å². The van der Waals surface area contributed by atoms with Crippen LogP contribution in [0.1, 0.15) is 43.6 Å². The van der Waals surface area contributed by atoms with E-state index in [1.165, 1.54) is 11.0 Å². The second kappa shape index (κ2) is 7.95. The summed E-state index contributed by atoms with van der Waals surface area (Å²) in [5.74, 6) is -0.996. The van der Waals surface area contributed by atoms with Gasteiger partial charge in [0, 0.05) is 6.54 Å². The molecule has 1 amide bonds. The Morgan fingerprint density at radius 3 is 2.52 bits per heavy atom. The number of halogens is 1. The van der Waals surface area contributed by atoms with Gasteiger partial charge in [0.15, 0.2) is 0 Å². The number of nitrogens with zero attached hydrogens (tertiary/aromatic N) is 2. The summed E-state index contributed by atoms with van der Waals surface area (Å²) in [6, 6.07) is 6.68. The minimum atomic E-state index is -0.965. The van der Waals surface area contributed by atoms with E-state index in [4.69, 9.17) is 5.11 Å². The topological polar surface area (TPSA) is 60.9 Å². The van der Waals surface area contributed by atoms with E-state index in [0.717, 1.165) is 50.8 Å². The zero-order valence-corrected chi connectivity index (χ0v) is 14.4. The number of aliphatic carboxylic acids is 1. The number of carboxylic acid groups (broad SMARTS) is 1. The number of benzene rings is 1. The standard InChI is InChI=1S/C19H25FN2O3/c20-16-6-2-1-5-15(16)14-8-11-21(12-9-14)17-7-3-4-10-22(19(17)25)13-18(23)24/h1-2,5-6,14,17H,3-4,7-13H2,(H,23,24). The zero-order chi connectivity index (χ0) is 17.8. The molecule has 2 aliphatic rings. The predicted molar refractivity (Wildman–Crippen MR) is 91.8 cm³/mol. The van der Waals surface area contributed by atoms with Crippen molar-refractivity contribution in [2.45, 2.75) is 44.1 Å². The molecule has 3 rings (SSSR count). The number of carbonyl (C=O) groups excluding carboxylic acids is 1. The Kier molecular flexibility index (Phi) is 5.68. The van der Waals surface area contributed by atoms with Gasteiger partial charge in [-0.3, -0.25) is 14.5 Å². The fraction of sp³-hybridized carbons (Fsp3) is 0.579. The molecule has 0 bridgehead atoms. The van der Waals surface area contributed by atoms with Gasteiger partial charge in [-0.15, -0.1) is 0 Å². The molecule has 136 valence electrons. The first-order chi connectivity index (χ1) is 12.1. The van der Waals surface area contributed by atoms with Gasteiger partial charge in [0.2, 0.25) is 5.91 Å². The largest absolute Gasteiger partial charge is 0.480 e. The SMILES string of the molecule is O=C(O)CN1CCCCC(N2CCC(c3ccccc3F)CC2)C1=O. The van der Waals surface area contributed by atoms with Gasteiger partial charge in [-0.2, -0.15) is 0 Å². The molecule has 0 aromatic heterocycles. The van der Waals surface area contributed by atoms with E-state index in [1.54, 1.807) is 6.07 Å². The molecule has 0 aliphatic carbocycles. The first-order valence-electron chi connectivity index (χ1n) is 9.05. The maximum atomic E-state index is 14.0.